The molecule has 2 aliphatic carbocycles. The first-order valence-corrected chi connectivity index (χ1v) is 6.40. The van der Waals surface area contributed by atoms with Crippen LogP contribution in [0.2, 0.25) is 0 Å². The zero-order chi connectivity index (χ0) is 11.4. The van der Waals surface area contributed by atoms with E-state index in [0.717, 1.165) is 19.1 Å². The molecule has 92 valence electrons. The molecule has 0 saturated heterocycles. The summed E-state index contributed by atoms with van der Waals surface area (Å²) in [6, 6.07) is 1.10. The van der Waals surface area contributed by atoms with Gasteiger partial charge in [0.2, 0.25) is 0 Å². The zero-order valence-corrected chi connectivity index (χ0v) is 10.2. The van der Waals surface area contributed by atoms with Crippen LogP contribution in [0, 0.1) is 0 Å². The van der Waals surface area contributed by atoms with Crippen molar-refractivity contribution in [2.45, 2.75) is 50.6 Å². The van der Waals surface area contributed by atoms with Gasteiger partial charge in [-0.05, 0) is 25.7 Å². The van der Waals surface area contributed by atoms with Gasteiger partial charge in [0, 0.05) is 19.7 Å². The van der Waals surface area contributed by atoms with E-state index < -0.39 is 0 Å². The predicted molar refractivity (Wildman–Crippen MR) is 65.5 cm³/mol. The molecule has 0 bridgehead atoms. The highest BCUT2D eigenvalue weighted by atomic mass is 16.5. The van der Waals surface area contributed by atoms with Crippen LogP contribution in [0.25, 0.3) is 0 Å². The van der Waals surface area contributed by atoms with Crippen LogP contribution < -0.4 is 5.73 Å². The predicted octanol–water partition coefficient (Wildman–Crippen LogP) is 1.35. The van der Waals surface area contributed by atoms with Crippen molar-refractivity contribution in [2.75, 3.05) is 20.3 Å². The van der Waals surface area contributed by atoms with Crippen LogP contribution >= 0.6 is 0 Å². The molecule has 0 radical (unpaired) electrons. The number of guanidine groups is 1. The molecule has 2 saturated carbocycles. The highest BCUT2D eigenvalue weighted by Crippen LogP contribution is 2.27. The normalized spacial score (nSPS) is 22.7. The zero-order valence-electron chi connectivity index (χ0n) is 10.2. The second-order valence-electron chi connectivity index (χ2n) is 4.84. The average molecular weight is 225 g/mol. The van der Waals surface area contributed by atoms with Gasteiger partial charge < -0.3 is 15.4 Å². The fraction of sp³-hybridized carbons (Fsp3) is 0.917. The molecule has 0 spiro atoms. The number of ether oxygens (including phenoxy) is 1. The van der Waals surface area contributed by atoms with Gasteiger partial charge in [-0.25, -0.2) is 4.99 Å². The van der Waals surface area contributed by atoms with Crippen LogP contribution in [0.5, 0.6) is 0 Å². The monoisotopic (exact) mass is 225 g/mol. The van der Waals surface area contributed by atoms with Crippen molar-refractivity contribution in [3.63, 3.8) is 0 Å². The summed E-state index contributed by atoms with van der Waals surface area (Å²) in [5, 5.41) is 0. The van der Waals surface area contributed by atoms with E-state index >= 15 is 0 Å². The Kier molecular flexibility index (Phi) is 4.04. The minimum atomic E-state index is 0.476. The lowest BCUT2D eigenvalue weighted by Crippen LogP contribution is -2.41. The Morgan fingerprint density at radius 2 is 2.00 bits per heavy atom. The lowest BCUT2D eigenvalue weighted by atomic mass is 10.3. The largest absolute Gasteiger partial charge is 0.383 e. The highest BCUT2D eigenvalue weighted by molar-refractivity contribution is 5.79. The topological polar surface area (TPSA) is 50.9 Å². The van der Waals surface area contributed by atoms with Crippen molar-refractivity contribution in [3.05, 3.63) is 0 Å². The van der Waals surface area contributed by atoms with Crippen LogP contribution in [-0.2, 0) is 4.74 Å². The molecule has 16 heavy (non-hydrogen) atoms. The molecule has 0 unspecified atom stereocenters. The van der Waals surface area contributed by atoms with E-state index in [1.54, 1.807) is 7.11 Å². The molecule has 2 N–H and O–H groups in total. The van der Waals surface area contributed by atoms with E-state index in [0.29, 0.717) is 12.1 Å². The van der Waals surface area contributed by atoms with Crippen molar-refractivity contribution in [2.24, 2.45) is 10.7 Å². The number of rotatable bonds is 5. The maximum Gasteiger partial charge on any atom is 0.191 e. The van der Waals surface area contributed by atoms with Crippen molar-refractivity contribution in [3.8, 4) is 0 Å². The molecule has 0 heterocycles. The molecule has 2 rings (SSSR count). The smallest absolute Gasteiger partial charge is 0.191 e. The van der Waals surface area contributed by atoms with Gasteiger partial charge >= 0.3 is 0 Å². The summed E-state index contributed by atoms with van der Waals surface area (Å²) in [5.74, 6) is 0.742. The van der Waals surface area contributed by atoms with Gasteiger partial charge in [0.05, 0.1) is 12.6 Å². The average Bonchev–Trinajstić information content (AvgIpc) is 2.98. The third kappa shape index (κ3) is 3.11. The van der Waals surface area contributed by atoms with Crippen LogP contribution in [0.4, 0.5) is 0 Å². The Morgan fingerprint density at radius 3 is 2.56 bits per heavy atom. The molecule has 2 fully saturated rings. The fourth-order valence-electron chi connectivity index (χ4n) is 2.35. The van der Waals surface area contributed by atoms with E-state index in [9.17, 15) is 0 Å². The minimum absolute atomic E-state index is 0.476. The second kappa shape index (κ2) is 5.53. The molecular formula is C12H23N3O. The van der Waals surface area contributed by atoms with E-state index in [1.165, 1.54) is 38.5 Å². The van der Waals surface area contributed by atoms with Gasteiger partial charge in [-0.1, -0.05) is 12.8 Å². The first-order valence-electron chi connectivity index (χ1n) is 6.40. The summed E-state index contributed by atoms with van der Waals surface area (Å²) >= 11 is 0. The molecule has 0 aromatic heterocycles. The lowest BCUT2D eigenvalue weighted by Gasteiger charge is -2.23. The molecule has 4 heteroatoms. The number of hydrogen-bond donors (Lipinski definition) is 1. The van der Waals surface area contributed by atoms with Gasteiger partial charge in [-0.2, -0.15) is 0 Å². The van der Waals surface area contributed by atoms with Gasteiger partial charge in [0.15, 0.2) is 5.96 Å². The van der Waals surface area contributed by atoms with Gasteiger partial charge in [0.25, 0.3) is 0 Å². The van der Waals surface area contributed by atoms with E-state index in [2.05, 4.69) is 9.89 Å². The number of aliphatic imine (C=N–C) groups is 1. The molecule has 4 nitrogen and oxygen atoms in total. The van der Waals surface area contributed by atoms with Crippen molar-refractivity contribution >= 4 is 5.96 Å². The molecule has 2 aliphatic rings. The molecule has 0 aromatic rings. The number of nitrogens with zero attached hydrogens (tertiary/aromatic N) is 2. The molecule has 0 amide bonds. The van der Waals surface area contributed by atoms with Crippen LogP contribution in [-0.4, -0.2) is 43.2 Å². The lowest BCUT2D eigenvalue weighted by molar-refractivity contribution is 0.173. The molecule has 0 aliphatic heterocycles. The summed E-state index contributed by atoms with van der Waals surface area (Å²) in [6.07, 6.45) is 7.55. The SMILES string of the molecule is COCCN(C(N)=NC1CCCC1)C1CC1. The summed E-state index contributed by atoms with van der Waals surface area (Å²) in [7, 11) is 1.73. The number of hydrogen-bond acceptors (Lipinski definition) is 2. The van der Waals surface area contributed by atoms with Crippen LogP contribution in [0.1, 0.15) is 38.5 Å². The van der Waals surface area contributed by atoms with Gasteiger partial charge in [0.1, 0.15) is 0 Å². The molecular weight excluding hydrogens is 202 g/mol. The summed E-state index contributed by atoms with van der Waals surface area (Å²) in [6.45, 7) is 1.61. The van der Waals surface area contributed by atoms with Gasteiger partial charge in [-0.15, -0.1) is 0 Å². The standard InChI is InChI=1S/C12H23N3O/c1-16-9-8-15(11-6-7-11)12(13)14-10-4-2-3-5-10/h10-11H,2-9H2,1H3,(H2,13,14). The van der Waals surface area contributed by atoms with Crippen molar-refractivity contribution in [1.29, 1.82) is 0 Å². The Bertz CT molecular complexity index is 245. The summed E-state index contributed by atoms with van der Waals surface area (Å²) in [5.41, 5.74) is 6.10. The van der Waals surface area contributed by atoms with Crippen LogP contribution in [0.15, 0.2) is 4.99 Å². The van der Waals surface area contributed by atoms with E-state index in [-0.39, 0.29) is 0 Å². The van der Waals surface area contributed by atoms with Crippen molar-refractivity contribution in [1.82, 2.24) is 4.90 Å². The third-order valence-electron chi connectivity index (χ3n) is 3.46. The Labute approximate surface area is 97.9 Å². The molecule has 0 aromatic carbocycles. The maximum absolute atomic E-state index is 6.10. The summed E-state index contributed by atoms with van der Waals surface area (Å²) in [4.78, 5) is 6.88. The minimum Gasteiger partial charge on any atom is -0.383 e. The highest BCUT2D eigenvalue weighted by Gasteiger charge is 2.30. The third-order valence-corrected chi connectivity index (χ3v) is 3.46. The first kappa shape index (κ1) is 11.7. The molecule has 0 atom stereocenters. The van der Waals surface area contributed by atoms with Gasteiger partial charge in [-0.3, -0.25) is 0 Å². The van der Waals surface area contributed by atoms with E-state index in [1.807, 2.05) is 0 Å². The maximum atomic E-state index is 6.10. The van der Waals surface area contributed by atoms with Crippen LogP contribution in [0.3, 0.4) is 0 Å². The first-order chi connectivity index (χ1) is 7.81. The Morgan fingerprint density at radius 1 is 1.31 bits per heavy atom. The second-order valence-corrected chi connectivity index (χ2v) is 4.84. The Balaban J connectivity index is 1.89. The Hall–Kier alpha value is -0.770. The summed E-state index contributed by atoms with van der Waals surface area (Å²) < 4.78 is 5.12. The van der Waals surface area contributed by atoms with E-state index in [4.69, 9.17) is 10.5 Å². The number of nitrogens with two attached hydrogens (primary N) is 1. The number of methoxy groups -OCH3 is 1. The van der Waals surface area contributed by atoms with Crippen molar-refractivity contribution < 1.29 is 4.74 Å². The fourth-order valence-corrected chi connectivity index (χ4v) is 2.35. The quantitative estimate of drug-likeness (QED) is 0.567.